The normalized spacial score (nSPS) is 27.0. The predicted octanol–water partition coefficient (Wildman–Crippen LogP) is 5.81. The van der Waals surface area contributed by atoms with Gasteiger partial charge >= 0.3 is 11.9 Å². The van der Waals surface area contributed by atoms with Crippen molar-refractivity contribution in [2.45, 2.75) is 184 Å². The summed E-state index contributed by atoms with van der Waals surface area (Å²) in [5, 5.41) is 71.9. The molecule has 15 heteroatoms. The molecule has 0 aromatic rings. The molecule has 2 heterocycles. The van der Waals surface area contributed by atoms with Crippen LogP contribution in [0, 0.1) is 0 Å². The van der Waals surface area contributed by atoms with Gasteiger partial charge in [0.15, 0.2) is 18.7 Å². The maximum Gasteiger partial charge on any atom is 0.306 e. The molecule has 0 amide bonds. The van der Waals surface area contributed by atoms with Crippen LogP contribution in [-0.4, -0.2) is 142 Å². The van der Waals surface area contributed by atoms with Gasteiger partial charge in [0.05, 0.1) is 19.8 Å². The monoisotopic (exact) mass is 933 g/mol. The molecule has 0 aromatic heterocycles. The van der Waals surface area contributed by atoms with Crippen molar-refractivity contribution in [2.24, 2.45) is 0 Å². The van der Waals surface area contributed by atoms with E-state index in [4.69, 9.17) is 28.4 Å². The minimum Gasteiger partial charge on any atom is -0.462 e. The Kier molecular flexibility index (Phi) is 33.2. The van der Waals surface area contributed by atoms with Crippen molar-refractivity contribution in [1.29, 1.82) is 0 Å². The third-order valence-electron chi connectivity index (χ3n) is 10.7. The summed E-state index contributed by atoms with van der Waals surface area (Å²) in [5.41, 5.74) is 0. The highest BCUT2D eigenvalue weighted by molar-refractivity contribution is 5.70. The first-order chi connectivity index (χ1) is 32.0. The lowest BCUT2D eigenvalue weighted by Crippen LogP contribution is -2.61. The van der Waals surface area contributed by atoms with Crippen LogP contribution >= 0.6 is 0 Å². The number of esters is 2. The maximum absolute atomic E-state index is 12.9. The number of aliphatic hydroxyl groups excluding tert-OH is 7. The highest BCUT2D eigenvalue weighted by Gasteiger charge is 2.47. The lowest BCUT2D eigenvalue weighted by molar-refractivity contribution is -0.332. The number of aliphatic hydroxyl groups is 7. The fraction of sp³-hybridized carbons (Fsp3) is 0.647. The van der Waals surface area contributed by atoms with Crippen LogP contribution in [0.5, 0.6) is 0 Å². The van der Waals surface area contributed by atoms with Crippen LogP contribution < -0.4 is 0 Å². The van der Waals surface area contributed by atoms with Crippen LogP contribution in [0.3, 0.4) is 0 Å². The summed E-state index contributed by atoms with van der Waals surface area (Å²) in [6.45, 7) is 2.28. The Morgan fingerprint density at radius 2 is 1.05 bits per heavy atom. The van der Waals surface area contributed by atoms with Gasteiger partial charge in [-0.2, -0.15) is 0 Å². The Morgan fingerprint density at radius 1 is 0.515 bits per heavy atom. The summed E-state index contributed by atoms with van der Waals surface area (Å²) in [7, 11) is 0. The molecule has 0 spiro atoms. The second-order valence-corrected chi connectivity index (χ2v) is 16.4. The Morgan fingerprint density at radius 3 is 1.68 bits per heavy atom. The summed E-state index contributed by atoms with van der Waals surface area (Å²) in [6.07, 6.45) is 28.9. The molecule has 15 nitrogen and oxygen atoms in total. The molecule has 2 rings (SSSR count). The van der Waals surface area contributed by atoms with Gasteiger partial charge in [-0.25, -0.2) is 0 Å². The molecule has 2 saturated heterocycles. The summed E-state index contributed by atoms with van der Waals surface area (Å²) < 4.78 is 33.4. The van der Waals surface area contributed by atoms with Gasteiger partial charge in [-0.05, 0) is 51.4 Å². The van der Waals surface area contributed by atoms with Gasteiger partial charge in [0.1, 0.15) is 55.4 Å². The smallest absolute Gasteiger partial charge is 0.306 e. The first kappa shape index (κ1) is 58.5. The van der Waals surface area contributed by atoms with Gasteiger partial charge < -0.3 is 64.2 Å². The molecule has 7 N–H and O–H groups in total. The van der Waals surface area contributed by atoms with E-state index >= 15 is 0 Å². The molecule has 2 aliphatic rings. The van der Waals surface area contributed by atoms with E-state index in [9.17, 15) is 45.3 Å². The first-order valence-electron chi connectivity index (χ1n) is 23.9. The van der Waals surface area contributed by atoms with Gasteiger partial charge in [-0.1, -0.05) is 150 Å². The lowest BCUT2D eigenvalue weighted by atomic mass is 9.98. The fourth-order valence-electron chi connectivity index (χ4n) is 6.77. The topological polar surface area (TPSA) is 231 Å². The molecule has 5 unspecified atom stereocenters. The van der Waals surface area contributed by atoms with Crippen LogP contribution in [0.25, 0.3) is 0 Å². The summed E-state index contributed by atoms with van der Waals surface area (Å²) in [6, 6.07) is 0. The van der Waals surface area contributed by atoms with E-state index in [-0.39, 0.29) is 19.4 Å². The Hall–Kier alpha value is -3.58. The second kappa shape index (κ2) is 37.4. The Bertz CT molecular complexity index is 1520. The fourth-order valence-corrected chi connectivity index (χ4v) is 6.77. The summed E-state index contributed by atoms with van der Waals surface area (Å²) in [4.78, 5) is 25.6. The van der Waals surface area contributed by atoms with Crippen molar-refractivity contribution in [1.82, 2.24) is 0 Å². The van der Waals surface area contributed by atoms with Crippen LogP contribution in [0.1, 0.15) is 117 Å². The van der Waals surface area contributed by atoms with E-state index in [1.165, 1.54) is 38.5 Å². The van der Waals surface area contributed by atoms with E-state index in [0.717, 1.165) is 38.5 Å². The number of carbonyl (C=O) groups excluding carboxylic acids is 2. The van der Waals surface area contributed by atoms with Gasteiger partial charge in [0.2, 0.25) is 0 Å². The molecule has 11 atom stereocenters. The van der Waals surface area contributed by atoms with Crippen molar-refractivity contribution in [3.05, 3.63) is 97.2 Å². The molecule has 0 bridgehead atoms. The molecule has 0 aliphatic carbocycles. The molecular formula is C51H80O15. The third-order valence-corrected chi connectivity index (χ3v) is 10.7. The molecule has 374 valence electrons. The van der Waals surface area contributed by atoms with Gasteiger partial charge in [-0.3, -0.25) is 9.59 Å². The number of rotatable bonds is 34. The number of unbranched alkanes of at least 4 members (excludes halogenated alkanes) is 9. The zero-order chi connectivity index (χ0) is 48.2. The van der Waals surface area contributed by atoms with Gasteiger partial charge in [0.25, 0.3) is 0 Å². The van der Waals surface area contributed by atoms with E-state index in [0.29, 0.717) is 12.8 Å². The molecule has 2 aliphatic heterocycles. The van der Waals surface area contributed by atoms with Crippen molar-refractivity contribution in [2.75, 3.05) is 26.4 Å². The molecule has 2 fully saturated rings. The van der Waals surface area contributed by atoms with Gasteiger partial charge in [0, 0.05) is 12.8 Å². The molecule has 0 aromatic carbocycles. The number of allylic oxidation sites excluding steroid dienone is 16. The zero-order valence-corrected chi connectivity index (χ0v) is 39.1. The quantitative estimate of drug-likeness (QED) is 0.0175. The lowest BCUT2D eigenvalue weighted by Gasteiger charge is -2.42. The summed E-state index contributed by atoms with van der Waals surface area (Å²) in [5.74, 6) is -1.07. The maximum atomic E-state index is 12.9. The van der Waals surface area contributed by atoms with Crippen molar-refractivity contribution in [3.8, 4) is 0 Å². The van der Waals surface area contributed by atoms with E-state index < -0.39 is 99.3 Å². The molecular weight excluding hydrogens is 853 g/mol. The average Bonchev–Trinajstić information content (AvgIpc) is 3.31. The molecule has 66 heavy (non-hydrogen) atoms. The van der Waals surface area contributed by atoms with E-state index in [1.54, 1.807) is 0 Å². The second-order valence-electron chi connectivity index (χ2n) is 16.4. The van der Waals surface area contributed by atoms with Crippen LogP contribution in [0.15, 0.2) is 97.2 Å². The van der Waals surface area contributed by atoms with Crippen LogP contribution in [0.4, 0.5) is 0 Å². The Balaban J connectivity index is 1.89. The number of ether oxygens (including phenoxy) is 6. The van der Waals surface area contributed by atoms with Gasteiger partial charge in [-0.15, -0.1) is 0 Å². The molecule has 0 saturated carbocycles. The van der Waals surface area contributed by atoms with Crippen molar-refractivity contribution >= 4 is 11.9 Å². The Labute approximate surface area is 392 Å². The highest BCUT2D eigenvalue weighted by atomic mass is 16.7. The SMILES string of the molecule is CC/C=C/C=C/C=C/C=C/C=C/C=C/CCCCCC(=O)OCC(CO[C@@H]1O[C@H](CO[C@@H]2O[C@H](CO)[C@H](O)C(O)C2O)[C@H](O)C(O)C1O)OC(=O)CC/C=C/C/C=C/CCCCCCCC. The van der Waals surface area contributed by atoms with Crippen LogP contribution in [0.2, 0.25) is 0 Å². The standard InChI is InChI=1S/C51H80O15/c1-3-5-7-9-11-13-15-17-18-19-20-22-23-25-27-29-31-33-42(53)61-36-39(64-43(54)34-32-30-28-26-24-21-16-14-12-10-8-6-4-2)37-62-50-49(60)47(58)45(56)41(66-50)38-63-51-48(59)46(57)44(55)40(35-52)65-51/h5,7,9,11,13,15,17-24,28,30,39-41,44-52,55-60H,3-4,6,8,10,12,14,16,25-27,29,31-38H2,1-2H3/b7-5+,11-9+,15-13+,18-17+,20-19+,23-22+,24-21+,30-28+/t39?,40-,41-,44+,45+,46?,47?,48?,49?,50-,51-/m1/s1. The minimum absolute atomic E-state index is 0.0424. The largest absolute Gasteiger partial charge is 0.462 e. The minimum atomic E-state index is -1.79. The number of hydrogen-bond acceptors (Lipinski definition) is 15. The number of carbonyl (C=O) groups is 2. The van der Waals surface area contributed by atoms with E-state index in [2.05, 4.69) is 38.2 Å². The highest BCUT2D eigenvalue weighted by Crippen LogP contribution is 2.26. The average molecular weight is 933 g/mol. The molecule has 0 radical (unpaired) electrons. The third kappa shape index (κ3) is 25.5. The van der Waals surface area contributed by atoms with Crippen LogP contribution in [-0.2, 0) is 38.0 Å². The van der Waals surface area contributed by atoms with Crippen molar-refractivity contribution < 1.29 is 73.8 Å². The predicted molar refractivity (Wildman–Crippen MR) is 252 cm³/mol. The summed E-state index contributed by atoms with van der Waals surface area (Å²) >= 11 is 0. The number of hydrogen-bond donors (Lipinski definition) is 7. The van der Waals surface area contributed by atoms with E-state index in [1.807, 2.05) is 72.9 Å². The first-order valence-corrected chi connectivity index (χ1v) is 23.9. The zero-order valence-electron chi connectivity index (χ0n) is 39.1. The van der Waals surface area contributed by atoms with Crippen molar-refractivity contribution in [3.63, 3.8) is 0 Å².